The third kappa shape index (κ3) is 5.67. The molecule has 0 unspecified atom stereocenters. The van der Waals surface area contributed by atoms with Gasteiger partial charge in [0.05, 0.1) is 0 Å². The van der Waals surface area contributed by atoms with Crippen molar-refractivity contribution in [3.8, 4) is 0 Å². The minimum absolute atomic E-state index is 0.732. The zero-order valence-corrected chi connectivity index (χ0v) is 12.6. The Kier molecular flexibility index (Phi) is 7.61. The van der Waals surface area contributed by atoms with Crippen LogP contribution in [-0.2, 0) is 0 Å². The Morgan fingerprint density at radius 1 is 1.00 bits per heavy atom. The standard InChI is InChI=1S/C11H15NO.C6H8N2/c1-3-12(4-2)11-7-5-10(9-13)6-8-11;7-8-6-4-2-1-3-5-6/h5-9H,3-4H2,1-2H3;1-5,8H,7H2. The van der Waals surface area contributed by atoms with E-state index in [9.17, 15) is 4.79 Å². The van der Waals surface area contributed by atoms with E-state index in [2.05, 4.69) is 24.2 Å². The van der Waals surface area contributed by atoms with Crippen molar-refractivity contribution in [1.82, 2.24) is 0 Å². The number of benzene rings is 2. The number of rotatable bonds is 5. The third-order valence-corrected chi connectivity index (χ3v) is 3.10. The van der Waals surface area contributed by atoms with Crippen LogP contribution in [0.25, 0.3) is 0 Å². The molecule has 21 heavy (non-hydrogen) atoms. The molecule has 0 aliphatic carbocycles. The number of nitrogens with one attached hydrogen (secondary N) is 1. The normalized spacial score (nSPS) is 9.29. The molecule has 0 fully saturated rings. The molecule has 0 saturated heterocycles. The van der Waals surface area contributed by atoms with E-state index in [1.807, 2.05) is 54.6 Å². The first-order chi connectivity index (χ1) is 10.2. The predicted molar refractivity (Wildman–Crippen MR) is 89.6 cm³/mol. The Labute approximate surface area is 126 Å². The second kappa shape index (κ2) is 9.55. The summed E-state index contributed by atoms with van der Waals surface area (Å²) >= 11 is 0. The lowest BCUT2D eigenvalue weighted by Gasteiger charge is -2.20. The number of nitrogens with two attached hydrogens (primary N) is 1. The lowest BCUT2D eigenvalue weighted by molar-refractivity contribution is 0.112. The third-order valence-electron chi connectivity index (χ3n) is 3.10. The van der Waals surface area contributed by atoms with Crippen LogP contribution in [0.1, 0.15) is 24.2 Å². The average molecular weight is 285 g/mol. The fourth-order valence-electron chi connectivity index (χ4n) is 1.89. The van der Waals surface area contributed by atoms with Crippen LogP contribution >= 0.6 is 0 Å². The Bertz CT molecular complexity index is 507. The quantitative estimate of drug-likeness (QED) is 0.502. The first-order valence-corrected chi connectivity index (χ1v) is 7.07. The molecule has 0 saturated carbocycles. The highest BCUT2D eigenvalue weighted by Crippen LogP contribution is 2.13. The summed E-state index contributed by atoms with van der Waals surface area (Å²) in [5.41, 5.74) is 5.37. The molecule has 112 valence electrons. The molecule has 4 heteroatoms. The van der Waals surface area contributed by atoms with Gasteiger partial charge in [0.25, 0.3) is 0 Å². The molecule has 2 aromatic carbocycles. The highest BCUT2D eigenvalue weighted by Gasteiger charge is 1.99. The molecule has 0 aliphatic rings. The molecule has 2 aromatic rings. The molecular weight excluding hydrogens is 262 g/mol. The average Bonchev–Trinajstić information content (AvgIpc) is 2.58. The molecule has 0 radical (unpaired) electrons. The summed E-state index contributed by atoms with van der Waals surface area (Å²) in [5.74, 6) is 5.10. The van der Waals surface area contributed by atoms with E-state index >= 15 is 0 Å². The van der Waals surface area contributed by atoms with Gasteiger partial charge >= 0.3 is 0 Å². The van der Waals surface area contributed by atoms with Crippen molar-refractivity contribution in [2.75, 3.05) is 23.4 Å². The summed E-state index contributed by atoms with van der Waals surface area (Å²) < 4.78 is 0. The second-order valence-corrected chi connectivity index (χ2v) is 4.39. The Balaban J connectivity index is 0.000000235. The van der Waals surface area contributed by atoms with Crippen molar-refractivity contribution in [2.24, 2.45) is 5.84 Å². The van der Waals surface area contributed by atoms with Crippen LogP contribution in [0.5, 0.6) is 0 Å². The summed E-state index contributed by atoms with van der Waals surface area (Å²) in [7, 11) is 0. The molecule has 3 N–H and O–H groups in total. The van der Waals surface area contributed by atoms with E-state index in [0.717, 1.165) is 30.6 Å². The monoisotopic (exact) mass is 285 g/mol. The summed E-state index contributed by atoms with van der Waals surface area (Å²) in [5, 5.41) is 0. The minimum Gasteiger partial charge on any atom is -0.372 e. The molecular formula is C17H23N3O. The topological polar surface area (TPSA) is 58.4 Å². The predicted octanol–water partition coefficient (Wildman–Crippen LogP) is 3.32. The largest absolute Gasteiger partial charge is 0.372 e. The maximum Gasteiger partial charge on any atom is 0.150 e. The van der Waals surface area contributed by atoms with Crippen LogP contribution in [0, 0.1) is 0 Å². The number of carbonyl (C=O) groups is 1. The van der Waals surface area contributed by atoms with Crippen LogP contribution in [0.3, 0.4) is 0 Å². The zero-order valence-electron chi connectivity index (χ0n) is 12.6. The van der Waals surface area contributed by atoms with E-state index < -0.39 is 0 Å². The Morgan fingerprint density at radius 3 is 1.95 bits per heavy atom. The van der Waals surface area contributed by atoms with Crippen molar-refractivity contribution in [2.45, 2.75) is 13.8 Å². The van der Waals surface area contributed by atoms with E-state index in [0.29, 0.717) is 0 Å². The minimum atomic E-state index is 0.732. The van der Waals surface area contributed by atoms with Gasteiger partial charge in [0.2, 0.25) is 0 Å². The summed E-state index contributed by atoms with van der Waals surface area (Å²) in [6.45, 7) is 6.24. The van der Waals surface area contributed by atoms with E-state index in [4.69, 9.17) is 5.84 Å². The van der Waals surface area contributed by atoms with Gasteiger partial charge in [0, 0.05) is 30.0 Å². The van der Waals surface area contributed by atoms with Crippen LogP contribution in [-0.4, -0.2) is 19.4 Å². The second-order valence-electron chi connectivity index (χ2n) is 4.39. The lowest BCUT2D eigenvalue weighted by atomic mass is 10.2. The van der Waals surface area contributed by atoms with Gasteiger partial charge in [-0.15, -0.1) is 0 Å². The van der Waals surface area contributed by atoms with Gasteiger partial charge in [-0.05, 0) is 50.2 Å². The van der Waals surface area contributed by atoms with Crippen molar-refractivity contribution < 1.29 is 4.79 Å². The van der Waals surface area contributed by atoms with Crippen LogP contribution in [0.4, 0.5) is 11.4 Å². The Hall–Kier alpha value is -2.33. The van der Waals surface area contributed by atoms with Gasteiger partial charge in [-0.3, -0.25) is 10.6 Å². The van der Waals surface area contributed by atoms with Gasteiger partial charge in [-0.1, -0.05) is 18.2 Å². The molecule has 0 bridgehead atoms. The number of hydrogen-bond donors (Lipinski definition) is 2. The van der Waals surface area contributed by atoms with Crippen molar-refractivity contribution in [1.29, 1.82) is 0 Å². The molecule has 0 aliphatic heterocycles. The molecule has 2 rings (SSSR count). The number of hydrogen-bond acceptors (Lipinski definition) is 4. The lowest BCUT2D eigenvalue weighted by Crippen LogP contribution is -2.21. The smallest absolute Gasteiger partial charge is 0.150 e. The first kappa shape index (κ1) is 16.7. The van der Waals surface area contributed by atoms with Crippen molar-refractivity contribution >= 4 is 17.7 Å². The van der Waals surface area contributed by atoms with Crippen molar-refractivity contribution in [3.63, 3.8) is 0 Å². The molecule has 4 nitrogen and oxygen atoms in total. The number of nitrogens with zero attached hydrogens (tertiary/aromatic N) is 1. The fraction of sp³-hybridized carbons (Fsp3) is 0.235. The number of anilines is 2. The molecule has 0 atom stereocenters. The van der Waals surface area contributed by atoms with Gasteiger partial charge in [0.1, 0.15) is 6.29 Å². The maximum atomic E-state index is 10.4. The first-order valence-electron chi connectivity index (χ1n) is 7.07. The van der Waals surface area contributed by atoms with Crippen molar-refractivity contribution in [3.05, 3.63) is 60.2 Å². The number of nitrogen functional groups attached to an aromatic ring is 1. The zero-order chi connectivity index (χ0) is 15.5. The summed E-state index contributed by atoms with van der Waals surface area (Å²) in [6.07, 6.45) is 0.867. The maximum absolute atomic E-state index is 10.4. The van der Waals surface area contributed by atoms with Gasteiger partial charge < -0.3 is 10.3 Å². The fourth-order valence-corrected chi connectivity index (χ4v) is 1.89. The number of hydrazine groups is 1. The SMILES string of the molecule is CCN(CC)c1ccc(C=O)cc1.NNc1ccccc1. The van der Waals surface area contributed by atoms with E-state index in [1.54, 1.807) is 0 Å². The highest BCUT2D eigenvalue weighted by atomic mass is 16.1. The molecule has 0 heterocycles. The van der Waals surface area contributed by atoms with E-state index in [1.165, 1.54) is 5.69 Å². The van der Waals surface area contributed by atoms with Gasteiger partial charge in [-0.2, -0.15) is 0 Å². The highest BCUT2D eigenvalue weighted by molar-refractivity contribution is 5.75. The van der Waals surface area contributed by atoms with Crippen LogP contribution < -0.4 is 16.2 Å². The Morgan fingerprint density at radius 2 is 1.57 bits per heavy atom. The summed E-state index contributed by atoms with van der Waals surface area (Å²) in [6, 6.07) is 17.3. The van der Waals surface area contributed by atoms with Crippen LogP contribution in [0.2, 0.25) is 0 Å². The summed E-state index contributed by atoms with van der Waals surface area (Å²) in [4.78, 5) is 12.7. The van der Waals surface area contributed by atoms with Gasteiger partial charge in [-0.25, -0.2) is 0 Å². The molecule has 0 aromatic heterocycles. The van der Waals surface area contributed by atoms with Gasteiger partial charge in [0.15, 0.2) is 0 Å². The van der Waals surface area contributed by atoms with Crippen LogP contribution in [0.15, 0.2) is 54.6 Å². The number of aldehydes is 1. The molecule has 0 amide bonds. The number of para-hydroxylation sites is 1. The molecule has 0 spiro atoms. The van der Waals surface area contributed by atoms with E-state index in [-0.39, 0.29) is 0 Å². The number of carbonyl (C=O) groups excluding carboxylic acids is 1.